The summed E-state index contributed by atoms with van der Waals surface area (Å²) in [6.45, 7) is 5.31. The van der Waals surface area contributed by atoms with Crippen LogP contribution in [0, 0.1) is 5.82 Å². The first-order valence-electron chi connectivity index (χ1n) is 15.8. The van der Waals surface area contributed by atoms with E-state index in [4.69, 9.17) is 18.6 Å². The maximum atomic E-state index is 13.7. The van der Waals surface area contributed by atoms with Gasteiger partial charge in [0.05, 0.1) is 63.7 Å². The maximum absolute atomic E-state index is 13.7. The molecule has 9 nitrogen and oxygen atoms in total. The molecule has 47 heavy (non-hydrogen) atoms. The van der Waals surface area contributed by atoms with Gasteiger partial charge in [0.25, 0.3) is 0 Å². The molecule has 0 amide bonds. The summed E-state index contributed by atoms with van der Waals surface area (Å²) in [6, 6.07) is 16.6. The van der Waals surface area contributed by atoms with Crippen molar-refractivity contribution in [3.05, 3.63) is 88.7 Å². The molecule has 0 saturated heterocycles. The van der Waals surface area contributed by atoms with Gasteiger partial charge in [-0.05, 0) is 67.1 Å². The predicted octanol–water partition coefficient (Wildman–Crippen LogP) is 6.93. The van der Waals surface area contributed by atoms with Gasteiger partial charge in [-0.25, -0.2) is 12.8 Å². The molecule has 1 aromatic heterocycles. The first kappa shape index (κ1) is 34.4. The zero-order valence-electron chi connectivity index (χ0n) is 26.9. The monoisotopic (exact) mass is 665 g/mol. The molecule has 1 heterocycles. The van der Waals surface area contributed by atoms with Gasteiger partial charge in [-0.15, -0.1) is 0 Å². The van der Waals surface area contributed by atoms with Gasteiger partial charge in [0.2, 0.25) is 10.0 Å². The molecule has 1 aliphatic rings. The van der Waals surface area contributed by atoms with Crippen molar-refractivity contribution in [2.24, 2.45) is 0 Å². The number of halogens is 1. The highest BCUT2D eigenvalue weighted by atomic mass is 32.2. The van der Waals surface area contributed by atoms with E-state index >= 15 is 0 Å². The van der Waals surface area contributed by atoms with Crippen LogP contribution in [0.2, 0.25) is 0 Å². The summed E-state index contributed by atoms with van der Waals surface area (Å²) in [5.74, 6) is 0.0227. The number of ether oxygens (including phenoxy) is 3. The van der Waals surface area contributed by atoms with E-state index in [1.54, 1.807) is 37.3 Å². The van der Waals surface area contributed by atoms with E-state index in [2.05, 4.69) is 0 Å². The second-order valence-electron chi connectivity index (χ2n) is 11.6. The Hall–Kier alpha value is -3.90. The summed E-state index contributed by atoms with van der Waals surface area (Å²) in [6.07, 6.45) is 3.25. The molecule has 0 spiro atoms. The number of nitrogens with zero attached hydrogens (tertiary/aromatic N) is 1. The van der Waals surface area contributed by atoms with Gasteiger partial charge < -0.3 is 18.6 Å². The minimum atomic E-state index is -3.69. The third kappa shape index (κ3) is 8.72. The molecule has 11 heteroatoms. The van der Waals surface area contributed by atoms with E-state index in [-0.39, 0.29) is 43.7 Å². The number of rotatable bonds is 18. The average molecular weight is 666 g/mol. The zero-order chi connectivity index (χ0) is 33.6. The highest BCUT2D eigenvalue weighted by Crippen LogP contribution is 2.48. The number of fused-ring (bicyclic) bond motifs is 1. The molecule has 0 radical (unpaired) electrons. The zero-order valence-corrected chi connectivity index (χ0v) is 27.7. The summed E-state index contributed by atoms with van der Waals surface area (Å²) in [5.41, 5.74) is 4.35. The van der Waals surface area contributed by atoms with E-state index in [9.17, 15) is 22.4 Å². The van der Waals surface area contributed by atoms with Crippen molar-refractivity contribution in [1.29, 1.82) is 0 Å². The highest BCUT2D eigenvalue weighted by Gasteiger charge is 2.33. The minimum Gasteiger partial charge on any atom is -0.455 e. The average Bonchev–Trinajstić information content (AvgIpc) is 3.83. The summed E-state index contributed by atoms with van der Waals surface area (Å²) < 4.78 is 64.2. The van der Waals surface area contributed by atoms with Crippen LogP contribution in [-0.2, 0) is 30.8 Å². The third-order valence-corrected chi connectivity index (χ3v) is 9.22. The van der Waals surface area contributed by atoms with Gasteiger partial charge in [-0.1, -0.05) is 31.2 Å². The molecule has 0 atom stereocenters. The Kier molecular flexibility index (Phi) is 11.2. The summed E-state index contributed by atoms with van der Waals surface area (Å²) in [4.78, 5) is 24.5. The van der Waals surface area contributed by atoms with E-state index in [0.717, 1.165) is 30.2 Å². The van der Waals surface area contributed by atoms with Crippen molar-refractivity contribution in [3.63, 3.8) is 0 Å². The Morgan fingerprint density at radius 2 is 1.55 bits per heavy atom. The molecule has 0 unspecified atom stereocenters. The number of hydrogen-bond donors (Lipinski definition) is 0. The first-order valence-corrected chi connectivity index (χ1v) is 17.6. The molecular formula is C36H40FNO8S. The fourth-order valence-corrected chi connectivity index (χ4v) is 6.34. The van der Waals surface area contributed by atoms with E-state index in [1.807, 2.05) is 18.2 Å². The number of benzene rings is 3. The smallest absolute Gasteiger partial charge is 0.232 e. The van der Waals surface area contributed by atoms with Crippen molar-refractivity contribution >= 4 is 38.2 Å². The second-order valence-corrected chi connectivity index (χ2v) is 13.5. The van der Waals surface area contributed by atoms with Gasteiger partial charge in [0, 0.05) is 29.0 Å². The van der Waals surface area contributed by atoms with Crippen LogP contribution < -0.4 is 4.31 Å². The summed E-state index contributed by atoms with van der Waals surface area (Å²) in [5, 5.41) is 0.624. The van der Waals surface area contributed by atoms with Crippen LogP contribution in [0.3, 0.4) is 0 Å². The SMILES string of the molecule is CCC(=O)c1c(-c2ccc(F)cc2)oc2cc(N(CCOCCOCCOCc3ccc(C(C)=O)cc3)S(C)(=O)=O)c(C3CC3)cc12. The van der Waals surface area contributed by atoms with Crippen molar-refractivity contribution in [1.82, 2.24) is 0 Å². The van der Waals surface area contributed by atoms with Gasteiger partial charge in [-0.2, -0.15) is 0 Å². The summed E-state index contributed by atoms with van der Waals surface area (Å²) in [7, 11) is -3.69. The van der Waals surface area contributed by atoms with Gasteiger partial charge in [0.1, 0.15) is 17.2 Å². The summed E-state index contributed by atoms with van der Waals surface area (Å²) >= 11 is 0. The van der Waals surface area contributed by atoms with Crippen LogP contribution >= 0.6 is 0 Å². The number of Topliss-reactive ketones (excluding diaryl/α,β-unsaturated/α-hetero) is 2. The molecule has 0 bridgehead atoms. The van der Waals surface area contributed by atoms with Gasteiger partial charge in [-0.3, -0.25) is 13.9 Å². The Morgan fingerprint density at radius 1 is 0.915 bits per heavy atom. The van der Waals surface area contributed by atoms with Crippen LogP contribution in [0.1, 0.15) is 70.9 Å². The Morgan fingerprint density at radius 3 is 2.15 bits per heavy atom. The maximum Gasteiger partial charge on any atom is 0.232 e. The second kappa shape index (κ2) is 15.3. The van der Waals surface area contributed by atoms with Crippen LogP contribution in [0.25, 0.3) is 22.3 Å². The molecule has 1 saturated carbocycles. The van der Waals surface area contributed by atoms with E-state index in [0.29, 0.717) is 65.5 Å². The number of hydrogen-bond acceptors (Lipinski definition) is 8. The lowest BCUT2D eigenvalue weighted by Gasteiger charge is -2.25. The Bertz CT molecular complexity index is 1810. The minimum absolute atomic E-state index is 0.0215. The number of furan rings is 1. The first-order chi connectivity index (χ1) is 22.6. The van der Waals surface area contributed by atoms with Crippen molar-refractivity contribution < 1.29 is 41.0 Å². The topological polar surface area (TPSA) is 112 Å². The number of sulfonamides is 1. The predicted molar refractivity (Wildman–Crippen MR) is 178 cm³/mol. The molecule has 4 aromatic rings. The van der Waals surface area contributed by atoms with E-state index in [1.165, 1.54) is 23.4 Å². The van der Waals surface area contributed by atoms with Crippen molar-refractivity contribution in [2.45, 2.75) is 45.6 Å². The highest BCUT2D eigenvalue weighted by molar-refractivity contribution is 7.92. The van der Waals surface area contributed by atoms with Gasteiger partial charge in [0.15, 0.2) is 11.6 Å². The largest absolute Gasteiger partial charge is 0.455 e. The molecule has 5 rings (SSSR count). The molecule has 1 aliphatic carbocycles. The fourth-order valence-electron chi connectivity index (χ4n) is 5.42. The number of carbonyl (C=O) groups is 2. The molecule has 250 valence electrons. The lowest BCUT2D eigenvalue weighted by atomic mass is 9.97. The molecule has 0 N–H and O–H groups in total. The van der Waals surface area contributed by atoms with Crippen molar-refractivity contribution in [3.8, 4) is 11.3 Å². The molecule has 1 fully saturated rings. The molecule has 0 aliphatic heterocycles. The fraction of sp³-hybridized carbons (Fsp3) is 0.389. The van der Waals surface area contributed by atoms with Crippen LogP contribution in [0.5, 0.6) is 0 Å². The van der Waals surface area contributed by atoms with Gasteiger partial charge >= 0.3 is 0 Å². The standard InChI is InChI=1S/C36H40FNO8S/c1-4-33(40)35-31-21-30(27-9-10-27)32(22-34(31)46-36(35)28-11-13-29(37)14-12-28)38(47(3,41)42)15-16-43-17-18-44-19-20-45-23-25-5-7-26(8-6-25)24(2)39/h5-8,11-14,21-22,27H,4,9-10,15-20,23H2,1-3H3. The normalized spacial score (nSPS) is 13.3. The number of carbonyl (C=O) groups excluding carboxylic acids is 2. The van der Waals surface area contributed by atoms with Crippen LogP contribution in [0.4, 0.5) is 10.1 Å². The quantitative estimate of drug-likeness (QED) is 0.0831. The van der Waals surface area contributed by atoms with Crippen molar-refractivity contribution in [2.75, 3.05) is 50.1 Å². The number of anilines is 1. The van der Waals surface area contributed by atoms with Crippen LogP contribution in [0.15, 0.2) is 65.1 Å². The Balaban J connectivity index is 1.20. The van der Waals surface area contributed by atoms with Crippen LogP contribution in [-0.4, -0.2) is 65.8 Å². The lowest BCUT2D eigenvalue weighted by molar-refractivity contribution is 0.0120. The van der Waals surface area contributed by atoms with E-state index < -0.39 is 15.8 Å². The third-order valence-electron chi connectivity index (χ3n) is 8.04. The number of ketones is 2. The Labute approximate surface area is 274 Å². The molecular weight excluding hydrogens is 625 g/mol. The lowest BCUT2D eigenvalue weighted by Crippen LogP contribution is -2.34. The molecule has 3 aromatic carbocycles.